The minimum absolute atomic E-state index is 0.175. The van der Waals surface area contributed by atoms with Crippen molar-refractivity contribution in [3.63, 3.8) is 0 Å². The molecule has 1 aromatic rings. The van der Waals surface area contributed by atoms with Crippen LogP contribution in [0.2, 0.25) is 0 Å². The predicted molar refractivity (Wildman–Crippen MR) is 62.9 cm³/mol. The molecule has 0 aliphatic carbocycles. The Morgan fingerprint density at radius 3 is 2.81 bits per heavy atom. The van der Waals surface area contributed by atoms with Crippen LogP contribution in [-0.4, -0.2) is 25.8 Å². The summed E-state index contributed by atoms with van der Waals surface area (Å²) >= 11 is 0. The van der Waals surface area contributed by atoms with E-state index in [1.807, 2.05) is 24.3 Å². The number of nitrogens with two attached hydrogens (primary N) is 1. The molecule has 0 amide bonds. The SMILES string of the molecule is CC(C)C[NH2+]C[C@H]1COc2ccccc2O1. The lowest BCUT2D eigenvalue weighted by atomic mass is 10.2. The third-order valence-corrected chi connectivity index (χ3v) is 2.64. The molecule has 0 bridgehead atoms. The maximum absolute atomic E-state index is 5.86. The summed E-state index contributed by atoms with van der Waals surface area (Å²) in [6.07, 6.45) is 0.175. The van der Waals surface area contributed by atoms with Crippen LogP contribution in [0.4, 0.5) is 0 Å². The van der Waals surface area contributed by atoms with Crippen molar-refractivity contribution in [2.24, 2.45) is 5.92 Å². The van der Waals surface area contributed by atoms with Crippen LogP contribution in [0.15, 0.2) is 24.3 Å². The second-order valence-corrected chi connectivity index (χ2v) is 4.65. The van der Waals surface area contributed by atoms with Crippen molar-refractivity contribution in [2.75, 3.05) is 19.7 Å². The van der Waals surface area contributed by atoms with E-state index in [2.05, 4.69) is 19.2 Å². The molecule has 1 atom stereocenters. The van der Waals surface area contributed by atoms with E-state index in [1.54, 1.807) is 0 Å². The lowest BCUT2D eigenvalue weighted by Crippen LogP contribution is -2.88. The van der Waals surface area contributed by atoms with Crippen molar-refractivity contribution in [2.45, 2.75) is 20.0 Å². The molecular weight excluding hydrogens is 202 g/mol. The maximum Gasteiger partial charge on any atom is 0.181 e. The van der Waals surface area contributed by atoms with E-state index in [4.69, 9.17) is 9.47 Å². The van der Waals surface area contributed by atoms with Gasteiger partial charge in [-0.25, -0.2) is 0 Å². The predicted octanol–water partition coefficient (Wildman–Crippen LogP) is 1.05. The van der Waals surface area contributed by atoms with Crippen LogP contribution < -0.4 is 14.8 Å². The van der Waals surface area contributed by atoms with Gasteiger partial charge in [-0.15, -0.1) is 0 Å². The fourth-order valence-corrected chi connectivity index (χ4v) is 1.79. The molecule has 0 spiro atoms. The fraction of sp³-hybridized carbons (Fsp3) is 0.538. The van der Waals surface area contributed by atoms with E-state index < -0.39 is 0 Å². The van der Waals surface area contributed by atoms with Crippen molar-refractivity contribution in [3.8, 4) is 11.5 Å². The molecule has 1 heterocycles. The molecule has 0 saturated carbocycles. The molecule has 2 N–H and O–H groups in total. The van der Waals surface area contributed by atoms with Crippen molar-refractivity contribution >= 4 is 0 Å². The molecule has 0 unspecified atom stereocenters. The standard InChI is InChI=1S/C13H19NO2/c1-10(2)7-14-8-11-9-15-12-5-3-4-6-13(12)16-11/h3-6,10-11,14H,7-9H2,1-2H3/p+1/t11-/m0/s1. The molecule has 2 rings (SSSR count). The number of hydrogen-bond donors (Lipinski definition) is 1. The van der Waals surface area contributed by atoms with Gasteiger partial charge < -0.3 is 14.8 Å². The van der Waals surface area contributed by atoms with Crippen molar-refractivity contribution in [1.29, 1.82) is 0 Å². The summed E-state index contributed by atoms with van der Waals surface area (Å²) in [6.45, 7) is 7.22. The first-order valence-corrected chi connectivity index (χ1v) is 5.96. The Hall–Kier alpha value is -1.22. The maximum atomic E-state index is 5.86. The lowest BCUT2D eigenvalue weighted by molar-refractivity contribution is -0.665. The Bertz CT molecular complexity index is 338. The van der Waals surface area contributed by atoms with Crippen LogP contribution in [0.3, 0.4) is 0 Å². The lowest BCUT2D eigenvalue weighted by Gasteiger charge is -2.25. The second kappa shape index (κ2) is 5.21. The Morgan fingerprint density at radius 1 is 1.31 bits per heavy atom. The quantitative estimate of drug-likeness (QED) is 0.826. The zero-order valence-electron chi connectivity index (χ0n) is 9.98. The topological polar surface area (TPSA) is 35.1 Å². The number of rotatable bonds is 4. The van der Waals surface area contributed by atoms with Gasteiger partial charge in [-0.05, 0) is 12.1 Å². The number of ether oxygens (including phenoxy) is 2. The van der Waals surface area contributed by atoms with E-state index in [9.17, 15) is 0 Å². The van der Waals surface area contributed by atoms with E-state index in [0.29, 0.717) is 6.61 Å². The largest absolute Gasteiger partial charge is 0.486 e. The van der Waals surface area contributed by atoms with Gasteiger partial charge in [-0.3, -0.25) is 0 Å². The summed E-state index contributed by atoms with van der Waals surface area (Å²) in [4.78, 5) is 0. The van der Waals surface area contributed by atoms with Crippen LogP contribution in [0, 0.1) is 5.92 Å². The Balaban J connectivity index is 1.83. The van der Waals surface area contributed by atoms with Gasteiger partial charge in [0.25, 0.3) is 0 Å². The second-order valence-electron chi connectivity index (χ2n) is 4.65. The summed E-state index contributed by atoms with van der Waals surface area (Å²) in [5.41, 5.74) is 0. The summed E-state index contributed by atoms with van der Waals surface area (Å²) in [7, 11) is 0. The molecule has 88 valence electrons. The first-order chi connectivity index (χ1) is 7.75. The minimum Gasteiger partial charge on any atom is -0.486 e. The van der Waals surface area contributed by atoms with Crippen molar-refractivity contribution < 1.29 is 14.8 Å². The first-order valence-electron chi connectivity index (χ1n) is 5.96. The van der Waals surface area contributed by atoms with Gasteiger partial charge in [0.1, 0.15) is 13.2 Å². The Morgan fingerprint density at radius 2 is 2.06 bits per heavy atom. The fourth-order valence-electron chi connectivity index (χ4n) is 1.79. The molecule has 0 saturated heterocycles. The first kappa shape index (κ1) is 11.3. The van der Waals surface area contributed by atoms with Crippen LogP contribution in [0.25, 0.3) is 0 Å². The monoisotopic (exact) mass is 222 g/mol. The molecule has 3 nitrogen and oxygen atoms in total. The van der Waals surface area contributed by atoms with E-state index in [0.717, 1.165) is 30.5 Å². The molecule has 16 heavy (non-hydrogen) atoms. The molecule has 3 heteroatoms. The minimum atomic E-state index is 0.175. The summed E-state index contributed by atoms with van der Waals surface area (Å²) in [5.74, 6) is 2.45. The average Bonchev–Trinajstić information content (AvgIpc) is 2.28. The smallest absolute Gasteiger partial charge is 0.181 e. The average molecular weight is 222 g/mol. The molecule has 0 fully saturated rings. The summed E-state index contributed by atoms with van der Waals surface area (Å²) in [5, 5.41) is 2.30. The Labute approximate surface area is 96.8 Å². The van der Waals surface area contributed by atoms with Gasteiger partial charge in [0.05, 0.1) is 6.54 Å². The zero-order valence-corrected chi connectivity index (χ0v) is 9.98. The molecule has 1 aliphatic rings. The van der Waals surface area contributed by atoms with Gasteiger partial charge in [-0.2, -0.15) is 0 Å². The Kier molecular flexibility index (Phi) is 3.67. The number of fused-ring (bicyclic) bond motifs is 1. The van der Waals surface area contributed by atoms with Gasteiger partial charge in [-0.1, -0.05) is 26.0 Å². The number of hydrogen-bond acceptors (Lipinski definition) is 2. The van der Waals surface area contributed by atoms with Crippen LogP contribution in [0.1, 0.15) is 13.8 Å². The number of benzene rings is 1. The highest BCUT2D eigenvalue weighted by Gasteiger charge is 2.21. The molecular formula is C13H20NO2+. The summed E-state index contributed by atoms with van der Waals surface area (Å²) in [6, 6.07) is 7.85. The molecule has 1 aliphatic heterocycles. The highest BCUT2D eigenvalue weighted by molar-refractivity contribution is 5.40. The third-order valence-electron chi connectivity index (χ3n) is 2.64. The zero-order chi connectivity index (χ0) is 11.4. The highest BCUT2D eigenvalue weighted by atomic mass is 16.6. The molecule has 0 aromatic heterocycles. The number of para-hydroxylation sites is 2. The van der Waals surface area contributed by atoms with Gasteiger partial charge in [0.15, 0.2) is 17.6 Å². The van der Waals surface area contributed by atoms with Gasteiger partial charge in [0.2, 0.25) is 0 Å². The van der Waals surface area contributed by atoms with Crippen LogP contribution >= 0.6 is 0 Å². The molecule has 1 aromatic carbocycles. The van der Waals surface area contributed by atoms with Gasteiger partial charge in [0, 0.05) is 5.92 Å². The van der Waals surface area contributed by atoms with Gasteiger partial charge >= 0.3 is 0 Å². The highest BCUT2D eigenvalue weighted by Crippen LogP contribution is 2.30. The third kappa shape index (κ3) is 2.89. The van der Waals surface area contributed by atoms with Crippen LogP contribution in [-0.2, 0) is 0 Å². The summed E-state index contributed by atoms with van der Waals surface area (Å²) < 4.78 is 11.5. The van der Waals surface area contributed by atoms with E-state index in [1.165, 1.54) is 0 Å². The van der Waals surface area contributed by atoms with Crippen LogP contribution in [0.5, 0.6) is 11.5 Å². The number of quaternary nitrogens is 1. The van der Waals surface area contributed by atoms with E-state index in [-0.39, 0.29) is 6.10 Å². The van der Waals surface area contributed by atoms with E-state index >= 15 is 0 Å². The van der Waals surface area contributed by atoms with Crippen molar-refractivity contribution in [3.05, 3.63) is 24.3 Å². The van der Waals surface area contributed by atoms with Crippen molar-refractivity contribution in [1.82, 2.24) is 0 Å². The molecule has 0 radical (unpaired) electrons. The normalized spacial score (nSPS) is 18.8.